The van der Waals surface area contributed by atoms with Gasteiger partial charge >= 0.3 is 5.97 Å². The SMILES string of the molecule is CCCc1cccc(C(=O)OCc2ccccc2)c1. The third-order valence-electron chi connectivity index (χ3n) is 2.91. The van der Waals surface area contributed by atoms with Crippen LogP contribution in [0.3, 0.4) is 0 Å². The molecule has 19 heavy (non-hydrogen) atoms. The molecule has 0 heterocycles. The number of aryl methyl sites for hydroxylation is 1. The Kier molecular flexibility index (Phi) is 4.73. The van der Waals surface area contributed by atoms with Crippen LogP contribution in [0, 0.1) is 0 Å². The predicted molar refractivity (Wildman–Crippen MR) is 76.0 cm³/mol. The van der Waals surface area contributed by atoms with Crippen LogP contribution in [0.5, 0.6) is 0 Å². The van der Waals surface area contributed by atoms with Crippen molar-refractivity contribution in [1.29, 1.82) is 0 Å². The van der Waals surface area contributed by atoms with E-state index in [2.05, 4.69) is 6.92 Å². The molecule has 2 nitrogen and oxygen atoms in total. The van der Waals surface area contributed by atoms with Gasteiger partial charge in [-0.2, -0.15) is 0 Å². The maximum absolute atomic E-state index is 12.0. The van der Waals surface area contributed by atoms with Crippen molar-refractivity contribution in [3.05, 3.63) is 71.3 Å². The molecule has 0 aliphatic carbocycles. The Balaban J connectivity index is 1.98. The van der Waals surface area contributed by atoms with Crippen molar-refractivity contribution < 1.29 is 9.53 Å². The van der Waals surface area contributed by atoms with E-state index < -0.39 is 0 Å². The van der Waals surface area contributed by atoms with E-state index in [0.29, 0.717) is 12.2 Å². The van der Waals surface area contributed by atoms with Crippen LogP contribution in [0.1, 0.15) is 34.8 Å². The molecule has 0 atom stereocenters. The van der Waals surface area contributed by atoms with E-state index in [9.17, 15) is 4.79 Å². The Labute approximate surface area is 114 Å². The Bertz CT molecular complexity index is 532. The molecule has 98 valence electrons. The summed E-state index contributed by atoms with van der Waals surface area (Å²) >= 11 is 0. The van der Waals surface area contributed by atoms with Crippen LogP contribution in [-0.2, 0) is 17.8 Å². The van der Waals surface area contributed by atoms with Gasteiger partial charge in [0.15, 0.2) is 0 Å². The van der Waals surface area contributed by atoms with Gasteiger partial charge in [0.25, 0.3) is 0 Å². The summed E-state index contributed by atoms with van der Waals surface area (Å²) in [6.07, 6.45) is 2.06. The standard InChI is InChI=1S/C17H18O2/c1-2-7-14-10-6-11-16(12-14)17(18)19-13-15-8-4-3-5-9-15/h3-6,8-12H,2,7,13H2,1H3. The first-order chi connectivity index (χ1) is 9.29. The van der Waals surface area contributed by atoms with E-state index in [-0.39, 0.29) is 5.97 Å². The maximum atomic E-state index is 12.0. The third-order valence-corrected chi connectivity index (χ3v) is 2.91. The highest BCUT2D eigenvalue weighted by Gasteiger charge is 2.07. The number of benzene rings is 2. The highest BCUT2D eigenvalue weighted by molar-refractivity contribution is 5.89. The average Bonchev–Trinajstić information content (AvgIpc) is 2.46. The Morgan fingerprint density at radius 2 is 1.74 bits per heavy atom. The third kappa shape index (κ3) is 3.95. The van der Waals surface area contributed by atoms with E-state index in [1.807, 2.05) is 48.5 Å². The average molecular weight is 254 g/mol. The summed E-state index contributed by atoms with van der Waals surface area (Å²) in [7, 11) is 0. The predicted octanol–water partition coefficient (Wildman–Crippen LogP) is 4.00. The number of carbonyl (C=O) groups is 1. The Morgan fingerprint density at radius 1 is 1.00 bits per heavy atom. The van der Waals surface area contributed by atoms with E-state index >= 15 is 0 Å². The lowest BCUT2D eigenvalue weighted by molar-refractivity contribution is 0.0472. The van der Waals surface area contributed by atoms with Crippen LogP contribution in [0.25, 0.3) is 0 Å². The molecule has 0 N–H and O–H groups in total. The first-order valence-electron chi connectivity index (χ1n) is 6.59. The summed E-state index contributed by atoms with van der Waals surface area (Å²) in [6.45, 7) is 2.44. The topological polar surface area (TPSA) is 26.3 Å². The summed E-state index contributed by atoms with van der Waals surface area (Å²) in [4.78, 5) is 12.0. The highest BCUT2D eigenvalue weighted by Crippen LogP contribution is 2.10. The molecule has 2 heteroatoms. The molecule has 0 saturated carbocycles. The zero-order valence-corrected chi connectivity index (χ0v) is 11.1. The number of ether oxygens (including phenoxy) is 1. The number of rotatable bonds is 5. The quantitative estimate of drug-likeness (QED) is 0.754. The first-order valence-corrected chi connectivity index (χ1v) is 6.59. The Hall–Kier alpha value is -2.09. The molecule has 0 fully saturated rings. The molecule has 0 amide bonds. The molecule has 0 aromatic heterocycles. The summed E-state index contributed by atoms with van der Waals surface area (Å²) in [5.41, 5.74) is 2.80. The zero-order chi connectivity index (χ0) is 13.5. The number of esters is 1. The Morgan fingerprint density at radius 3 is 2.47 bits per heavy atom. The number of hydrogen-bond acceptors (Lipinski definition) is 2. The van der Waals surface area contributed by atoms with Gasteiger partial charge in [0, 0.05) is 0 Å². The highest BCUT2D eigenvalue weighted by atomic mass is 16.5. The number of carbonyl (C=O) groups excluding carboxylic acids is 1. The van der Waals surface area contributed by atoms with Crippen molar-refractivity contribution >= 4 is 5.97 Å². The van der Waals surface area contributed by atoms with Gasteiger partial charge in [0.05, 0.1) is 5.56 Å². The van der Waals surface area contributed by atoms with Crippen molar-refractivity contribution in [3.63, 3.8) is 0 Å². The fraction of sp³-hybridized carbons (Fsp3) is 0.235. The van der Waals surface area contributed by atoms with Gasteiger partial charge in [0.2, 0.25) is 0 Å². The molecule has 0 bridgehead atoms. The monoisotopic (exact) mass is 254 g/mol. The van der Waals surface area contributed by atoms with Crippen molar-refractivity contribution in [1.82, 2.24) is 0 Å². The fourth-order valence-electron chi connectivity index (χ4n) is 1.95. The van der Waals surface area contributed by atoms with Crippen LogP contribution < -0.4 is 0 Å². The summed E-state index contributed by atoms with van der Waals surface area (Å²) in [6, 6.07) is 17.4. The van der Waals surface area contributed by atoms with Crippen LogP contribution in [-0.4, -0.2) is 5.97 Å². The molecule has 0 saturated heterocycles. The minimum atomic E-state index is -0.262. The maximum Gasteiger partial charge on any atom is 0.338 e. The van der Waals surface area contributed by atoms with Gasteiger partial charge in [-0.3, -0.25) is 0 Å². The van der Waals surface area contributed by atoms with Gasteiger partial charge in [-0.1, -0.05) is 55.8 Å². The molecular formula is C17H18O2. The largest absolute Gasteiger partial charge is 0.457 e. The smallest absolute Gasteiger partial charge is 0.338 e. The lowest BCUT2D eigenvalue weighted by atomic mass is 10.1. The van der Waals surface area contributed by atoms with Gasteiger partial charge < -0.3 is 4.74 Å². The van der Waals surface area contributed by atoms with Crippen LogP contribution >= 0.6 is 0 Å². The second-order valence-electron chi connectivity index (χ2n) is 4.51. The lowest BCUT2D eigenvalue weighted by Crippen LogP contribution is -2.05. The molecule has 0 radical (unpaired) electrons. The molecule has 0 spiro atoms. The van der Waals surface area contributed by atoms with Crippen LogP contribution in [0.15, 0.2) is 54.6 Å². The van der Waals surface area contributed by atoms with E-state index in [4.69, 9.17) is 4.74 Å². The molecule has 2 aromatic rings. The van der Waals surface area contributed by atoms with Gasteiger partial charge in [-0.05, 0) is 29.7 Å². The molecule has 0 aliphatic rings. The van der Waals surface area contributed by atoms with Gasteiger partial charge in [-0.25, -0.2) is 4.79 Å². The summed E-state index contributed by atoms with van der Waals surface area (Å²) in [5.74, 6) is -0.262. The van der Waals surface area contributed by atoms with Crippen molar-refractivity contribution in [3.8, 4) is 0 Å². The lowest BCUT2D eigenvalue weighted by Gasteiger charge is -2.06. The van der Waals surface area contributed by atoms with Crippen molar-refractivity contribution in [2.45, 2.75) is 26.4 Å². The molecular weight excluding hydrogens is 236 g/mol. The van der Waals surface area contributed by atoms with E-state index in [1.165, 1.54) is 5.56 Å². The van der Waals surface area contributed by atoms with Crippen LogP contribution in [0.4, 0.5) is 0 Å². The normalized spacial score (nSPS) is 10.2. The second-order valence-corrected chi connectivity index (χ2v) is 4.51. The summed E-state index contributed by atoms with van der Waals surface area (Å²) < 4.78 is 5.31. The molecule has 2 rings (SSSR count). The van der Waals surface area contributed by atoms with Crippen LogP contribution in [0.2, 0.25) is 0 Å². The molecule has 0 aliphatic heterocycles. The second kappa shape index (κ2) is 6.74. The molecule has 2 aromatic carbocycles. The van der Waals surface area contributed by atoms with E-state index in [1.54, 1.807) is 6.07 Å². The minimum absolute atomic E-state index is 0.262. The van der Waals surface area contributed by atoms with Gasteiger partial charge in [-0.15, -0.1) is 0 Å². The summed E-state index contributed by atoms with van der Waals surface area (Å²) in [5, 5.41) is 0. The van der Waals surface area contributed by atoms with E-state index in [0.717, 1.165) is 18.4 Å². The number of hydrogen-bond donors (Lipinski definition) is 0. The fourth-order valence-corrected chi connectivity index (χ4v) is 1.95. The van der Waals surface area contributed by atoms with Crippen molar-refractivity contribution in [2.75, 3.05) is 0 Å². The first kappa shape index (κ1) is 13.3. The van der Waals surface area contributed by atoms with Gasteiger partial charge in [0.1, 0.15) is 6.61 Å². The van der Waals surface area contributed by atoms with Crippen molar-refractivity contribution in [2.24, 2.45) is 0 Å². The molecule has 0 unspecified atom stereocenters. The zero-order valence-electron chi connectivity index (χ0n) is 11.1. The minimum Gasteiger partial charge on any atom is -0.457 e.